The summed E-state index contributed by atoms with van der Waals surface area (Å²) in [6.45, 7) is 6.23. The lowest BCUT2D eigenvalue weighted by Crippen LogP contribution is -2.31. The number of carbonyl (C=O) groups excluding carboxylic acids is 2. The Kier molecular flexibility index (Phi) is 6.69. The van der Waals surface area contributed by atoms with Gasteiger partial charge in [0.2, 0.25) is 0 Å². The Morgan fingerprint density at radius 1 is 1.27 bits per heavy atom. The number of carbonyl (C=O) groups is 2. The number of hydrogen-bond acceptors (Lipinski definition) is 4. The van der Waals surface area contributed by atoms with Crippen LogP contribution in [0.15, 0.2) is 24.3 Å². The van der Waals surface area contributed by atoms with Gasteiger partial charge >= 0.3 is 5.97 Å². The van der Waals surface area contributed by atoms with Gasteiger partial charge in [-0.05, 0) is 44.5 Å². The zero-order valence-electron chi connectivity index (χ0n) is 15.4. The van der Waals surface area contributed by atoms with E-state index in [4.69, 9.17) is 21.1 Å². The maximum Gasteiger partial charge on any atom is 0.340 e. The Balaban J connectivity index is 2.01. The van der Waals surface area contributed by atoms with E-state index in [1.807, 2.05) is 0 Å². The van der Waals surface area contributed by atoms with Gasteiger partial charge in [0.05, 0.1) is 18.7 Å². The summed E-state index contributed by atoms with van der Waals surface area (Å²) in [7, 11) is 1.68. The van der Waals surface area contributed by atoms with Crippen molar-refractivity contribution in [3.8, 4) is 5.75 Å². The van der Waals surface area contributed by atoms with Crippen LogP contribution in [-0.2, 0) is 4.74 Å². The molecule has 0 fully saturated rings. The second kappa shape index (κ2) is 8.76. The predicted octanol–water partition coefficient (Wildman–Crippen LogP) is 3.61. The Morgan fingerprint density at radius 3 is 2.65 bits per heavy atom. The van der Waals surface area contributed by atoms with Crippen LogP contribution in [0.3, 0.4) is 0 Å². The number of hydrogen-bond donors (Lipinski definition) is 1. The number of ether oxygens (including phenoxy) is 2. The fourth-order valence-electron chi connectivity index (χ4n) is 2.62. The van der Waals surface area contributed by atoms with Crippen molar-refractivity contribution in [3.63, 3.8) is 0 Å². The van der Waals surface area contributed by atoms with Crippen molar-refractivity contribution >= 4 is 23.5 Å². The van der Waals surface area contributed by atoms with E-state index < -0.39 is 5.97 Å². The van der Waals surface area contributed by atoms with Gasteiger partial charge in [0.1, 0.15) is 18.1 Å². The number of aromatic nitrogens is 1. The number of likely N-dealkylation sites (N-methyl/N-ethyl adjacent to an activating group) is 1. The number of rotatable bonds is 7. The van der Waals surface area contributed by atoms with E-state index in [0.29, 0.717) is 46.4 Å². The summed E-state index contributed by atoms with van der Waals surface area (Å²) in [5, 5.41) is 0.593. The van der Waals surface area contributed by atoms with Gasteiger partial charge in [0.25, 0.3) is 5.91 Å². The first-order valence-corrected chi connectivity index (χ1v) is 8.73. The molecule has 0 saturated carbocycles. The molecule has 1 heterocycles. The molecule has 0 aliphatic carbocycles. The molecule has 1 amide bonds. The van der Waals surface area contributed by atoms with Gasteiger partial charge < -0.3 is 19.4 Å². The first-order valence-electron chi connectivity index (χ1n) is 8.35. The Labute approximate surface area is 158 Å². The summed E-state index contributed by atoms with van der Waals surface area (Å²) in [6, 6.07) is 7.08. The lowest BCUT2D eigenvalue weighted by atomic mass is 10.1. The van der Waals surface area contributed by atoms with E-state index in [1.54, 1.807) is 52.1 Å². The number of H-pyrrole nitrogens is 1. The first kappa shape index (κ1) is 19.8. The molecular weight excluding hydrogens is 356 g/mol. The standard InChI is InChI=1S/C19H23ClN2O4/c1-5-25-19(24)16-12(2)17(21-13(16)3)18(23)22(4)9-10-26-15-8-6-7-14(20)11-15/h6-8,11,21H,5,9-10H2,1-4H3. The lowest BCUT2D eigenvalue weighted by Gasteiger charge is -2.17. The third kappa shape index (κ3) is 4.58. The van der Waals surface area contributed by atoms with Crippen LogP contribution in [0.25, 0.3) is 0 Å². The maximum absolute atomic E-state index is 12.7. The van der Waals surface area contributed by atoms with Gasteiger partial charge in [-0.3, -0.25) is 4.79 Å². The minimum Gasteiger partial charge on any atom is -0.492 e. The summed E-state index contributed by atoms with van der Waals surface area (Å²) < 4.78 is 10.7. The largest absolute Gasteiger partial charge is 0.492 e. The van der Waals surface area contributed by atoms with E-state index in [-0.39, 0.29) is 12.5 Å². The quantitative estimate of drug-likeness (QED) is 0.747. The van der Waals surface area contributed by atoms with Crippen LogP contribution in [0.4, 0.5) is 0 Å². The highest BCUT2D eigenvalue weighted by atomic mass is 35.5. The Morgan fingerprint density at radius 2 is 2.00 bits per heavy atom. The first-order chi connectivity index (χ1) is 12.3. The molecule has 7 heteroatoms. The normalized spacial score (nSPS) is 10.5. The van der Waals surface area contributed by atoms with Crippen LogP contribution in [-0.4, -0.2) is 48.6 Å². The molecule has 0 aliphatic rings. The summed E-state index contributed by atoms with van der Waals surface area (Å²) in [5.41, 5.74) is 2.01. The topological polar surface area (TPSA) is 71.6 Å². The molecule has 0 bridgehead atoms. The smallest absolute Gasteiger partial charge is 0.340 e. The average molecular weight is 379 g/mol. The fraction of sp³-hybridized carbons (Fsp3) is 0.368. The van der Waals surface area contributed by atoms with Crippen molar-refractivity contribution in [2.45, 2.75) is 20.8 Å². The number of nitrogens with one attached hydrogen (secondary N) is 1. The molecular formula is C19H23ClN2O4. The van der Waals surface area contributed by atoms with E-state index in [9.17, 15) is 9.59 Å². The number of halogens is 1. The molecule has 0 spiro atoms. The average Bonchev–Trinajstić information content (AvgIpc) is 2.89. The number of amides is 1. The van der Waals surface area contributed by atoms with Crippen LogP contribution >= 0.6 is 11.6 Å². The molecule has 0 aliphatic heterocycles. The van der Waals surface area contributed by atoms with Gasteiger partial charge in [0.15, 0.2) is 0 Å². The number of nitrogens with zero attached hydrogens (tertiary/aromatic N) is 1. The van der Waals surface area contributed by atoms with E-state index in [0.717, 1.165) is 0 Å². The summed E-state index contributed by atoms with van der Waals surface area (Å²) in [5.74, 6) is 0.00966. The van der Waals surface area contributed by atoms with Gasteiger partial charge in [-0.2, -0.15) is 0 Å². The molecule has 0 radical (unpaired) electrons. The highest BCUT2D eigenvalue weighted by Crippen LogP contribution is 2.20. The molecule has 0 atom stereocenters. The van der Waals surface area contributed by atoms with Gasteiger partial charge in [0, 0.05) is 17.8 Å². The zero-order chi connectivity index (χ0) is 19.3. The lowest BCUT2D eigenvalue weighted by molar-refractivity contribution is 0.0525. The van der Waals surface area contributed by atoms with Gasteiger partial charge in [-0.15, -0.1) is 0 Å². The molecule has 1 N–H and O–H groups in total. The summed E-state index contributed by atoms with van der Waals surface area (Å²) in [4.78, 5) is 29.3. The third-order valence-electron chi connectivity index (χ3n) is 3.97. The zero-order valence-corrected chi connectivity index (χ0v) is 16.1. The molecule has 1 aromatic heterocycles. The number of aromatic amines is 1. The molecule has 0 unspecified atom stereocenters. The van der Waals surface area contributed by atoms with Crippen LogP contribution in [0.5, 0.6) is 5.75 Å². The van der Waals surface area contributed by atoms with Crippen LogP contribution in [0, 0.1) is 13.8 Å². The Bertz CT molecular complexity index is 801. The van der Waals surface area contributed by atoms with E-state index in [1.165, 1.54) is 4.90 Å². The molecule has 2 aromatic rings. The molecule has 0 saturated heterocycles. The predicted molar refractivity (Wildman–Crippen MR) is 100 cm³/mol. The van der Waals surface area contributed by atoms with E-state index in [2.05, 4.69) is 4.98 Å². The summed E-state index contributed by atoms with van der Waals surface area (Å²) >= 11 is 5.91. The minimum absolute atomic E-state index is 0.212. The van der Waals surface area contributed by atoms with Crippen molar-refractivity contribution in [1.29, 1.82) is 0 Å². The van der Waals surface area contributed by atoms with Crippen LogP contribution < -0.4 is 4.74 Å². The molecule has 1 aromatic carbocycles. The molecule has 140 valence electrons. The van der Waals surface area contributed by atoms with Crippen molar-refractivity contribution in [2.24, 2.45) is 0 Å². The van der Waals surface area contributed by atoms with Gasteiger partial charge in [-0.1, -0.05) is 17.7 Å². The molecule has 2 rings (SSSR count). The third-order valence-corrected chi connectivity index (χ3v) is 4.20. The van der Waals surface area contributed by atoms with Crippen LogP contribution in [0.1, 0.15) is 39.0 Å². The van der Waals surface area contributed by atoms with Gasteiger partial charge in [-0.25, -0.2) is 4.79 Å². The van der Waals surface area contributed by atoms with Crippen molar-refractivity contribution in [3.05, 3.63) is 51.8 Å². The number of benzene rings is 1. The monoisotopic (exact) mass is 378 g/mol. The second-order valence-corrected chi connectivity index (χ2v) is 6.31. The highest BCUT2D eigenvalue weighted by Gasteiger charge is 2.24. The fourth-order valence-corrected chi connectivity index (χ4v) is 2.80. The molecule has 26 heavy (non-hydrogen) atoms. The highest BCUT2D eigenvalue weighted by molar-refractivity contribution is 6.30. The molecule has 6 nitrogen and oxygen atoms in total. The minimum atomic E-state index is -0.426. The SMILES string of the molecule is CCOC(=O)c1c(C)[nH]c(C(=O)N(C)CCOc2cccc(Cl)c2)c1C. The maximum atomic E-state index is 12.7. The van der Waals surface area contributed by atoms with Crippen molar-refractivity contribution in [1.82, 2.24) is 9.88 Å². The number of aryl methyl sites for hydroxylation is 1. The second-order valence-electron chi connectivity index (χ2n) is 5.88. The van der Waals surface area contributed by atoms with E-state index >= 15 is 0 Å². The van der Waals surface area contributed by atoms with Crippen molar-refractivity contribution in [2.75, 3.05) is 26.8 Å². The summed E-state index contributed by atoms with van der Waals surface area (Å²) in [6.07, 6.45) is 0. The van der Waals surface area contributed by atoms with Crippen LogP contribution in [0.2, 0.25) is 5.02 Å². The Hall–Kier alpha value is -2.47. The number of esters is 1. The van der Waals surface area contributed by atoms with Crippen molar-refractivity contribution < 1.29 is 19.1 Å².